The van der Waals surface area contributed by atoms with Gasteiger partial charge in [0, 0.05) is 23.1 Å². The van der Waals surface area contributed by atoms with Gasteiger partial charge < -0.3 is 4.57 Å². The second kappa shape index (κ2) is 6.26. The summed E-state index contributed by atoms with van der Waals surface area (Å²) in [5, 5.41) is 8.47. The molecule has 5 heteroatoms. The predicted molar refractivity (Wildman–Crippen MR) is 104 cm³/mol. The zero-order valence-corrected chi connectivity index (χ0v) is 15.0. The first-order valence-electron chi connectivity index (χ1n) is 8.30. The van der Waals surface area contributed by atoms with Crippen LogP contribution in [-0.4, -0.2) is 19.7 Å². The maximum atomic E-state index is 5.37. The van der Waals surface area contributed by atoms with E-state index in [9.17, 15) is 0 Å². The molecular formula is C20H18N4S. The van der Waals surface area contributed by atoms with Crippen molar-refractivity contribution in [1.82, 2.24) is 19.7 Å². The Morgan fingerprint density at radius 1 is 1.04 bits per heavy atom. The molecule has 0 aliphatic rings. The summed E-state index contributed by atoms with van der Waals surface area (Å²) in [5.74, 6) is 0.848. The Balaban J connectivity index is 2.06. The molecule has 0 saturated heterocycles. The fourth-order valence-electron chi connectivity index (χ4n) is 3.18. The summed E-state index contributed by atoms with van der Waals surface area (Å²) in [6.45, 7) is 4.94. The highest BCUT2D eigenvalue weighted by Crippen LogP contribution is 2.32. The lowest BCUT2D eigenvalue weighted by Crippen LogP contribution is -1.99. The minimum Gasteiger partial charge on any atom is -0.300 e. The molecule has 2 heterocycles. The number of aromatic amines is 1. The summed E-state index contributed by atoms with van der Waals surface area (Å²) < 4.78 is 2.65. The van der Waals surface area contributed by atoms with E-state index >= 15 is 0 Å². The molecule has 4 rings (SSSR count). The van der Waals surface area contributed by atoms with Gasteiger partial charge in [-0.25, -0.2) is 4.98 Å². The molecular weight excluding hydrogens is 328 g/mol. The van der Waals surface area contributed by atoms with E-state index in [4.69, 9.17) is 17.2 Å². The molecule has 1 N–H and O–H groups in total. The van der Waals surface area contributed by atoms with Crippen molar-refractivity contribution in [1.29, 1.82) is 0 Å². The second-order valence-electron chi connectivity index (χ2n) is 5.98. The average molecular weight is 346 g/mol. The zero-order valence-electron chi connectivity index (χ0n) is 14.2. The fourth-order valence-corrected chi connectivity index (χ4v) is 3.44. The number of pyridine rings is 1. The van der Waals surface area contributed by atoms with Crippen molar-refractivity contribution >= 4 is 23.1 Å². The maximum absolute atomic E-state index is 5.37. The van der Waals surface area contributed by atoms with Crippen LogP contribution in [0.3, 0.4) is 0 Å². The number of rotatable bonds is 3. The van der Waals surface area contributed by atoms with Gasteiger partial charge in [-0.1, -0.05) is 42.5 Å². The second-order valence-corrected chi connectivity index (χ2v) is 6.37. The highest BCUT2D eigenvalue weighted by molar-refractivity contribution is 7.71. The maximum Gasteiger partial charge on any atom is 0.195 e. The molecule has 0 fully saturated rings. The summed E-state index contributed by atoms with van der Waals surface area (Å²) in [5.41, 5.74) is 5.27. The molecule has 0 saturated carbocycles. The summed E-state index contributed by atoms with van der Waals surface area (Å²) >= 11 is 5.37. The third-order valence-corrected chi connectivity index (χ3v) is 4.76. The Kier molecular flexibility index (Phi) is 3.93. The van der Waals surface area contributed by atoms with Gasteiger partial charge in [0.2, 0.25) is 0 Å². The van der Waals surface area contributed by atoms with Crippen molar-refractivity contribution in [3.05, 3.63) is 64.9 Å². The Morgan fingerprint density at radius 2 is 1.80 bits per heavy atom. The van der Waals surface area contributed by atoms with Gasteiger partial charge in [0.25, 0.3) is 0 Å². The quantitative estimate of drug-likeness (QED) is 0.522. The molecule has 4 aromatic rings. The van der Waals surface area contributed by atoms with Gasteiger partial charge in [0.05, 0.1) is 11.2 Å². The zero-order chi connectivity index (χ0) is 17.4. The van der Waals surface area contributed by atoms with E-state index in [1.54, 1.807) is 0 Å². The van der Waals surface area contributed by atoms with Gasteiger partial charge in [-0.05, 0) is 43.8 Å². The highest BCUT2D eigenvalue weighted by atomic mass is 32.1. The van der Waals surface area contributed by atoms with E-state index in [1.807, 2.05) is 34.9 Å². The first-order valence-corrected chi connectivity index (χ1v) is 8.71. The fraction of sp³-hybridized carbons (Fsp3) is 0.150. The largest absolute Gasteiger partial charge is 0.300 e. The molecule has 0 amide bonds. The smallest absolute Gasteiger partial charge is 0.195 e. The summed E-state index contributed by atoms with van der Waals surface area (Å²) in [6.07, 6.45) is 0. The minimum atomic E-state index is 0.635. The van der Waals surface area contributed by atoms with E-state index < -0.39 is 0 Å². The Morgan fingerprint density at radius 3 is 2.60 bits per heavy atom. The lowest BCUT2D eigenvalue weighted by molar-refractivity contribution is 0.756. The monoisotopic (exact) mass is 346 g/mol. The Labute approximate surface area is 151 Å². The van der Waals surface area contributed by atoms with Crippen molar-refractivity contribution in [2.24, 2.45) is 0 Å². The number of hydrogen-bond acceptors (Lipinski definition) is 3. The summed E-state index contributed by atoms with van der Waals surface area (Å²) in [7, 11) is 0. The molecule has 0 bridgehead atoms. The summed E-state index contributed by atoms with van der Waals surface area (Å²) in [6, 6.07) is 18.6. The van der Waals surface area contributed by atoms with E-state index in [0.717, 1.165) is 40.1 Å². The van der Waals surface area contributed by atoms with Crippen molar-refractivity contribution in [2.45, 2.75) is 20.4 Å². The number of aromatic nitrogens is 4. The standard InChI is InChI=1S/C20H18N4S/c1-3-24-19(22-23-20(24)25)16-12-18(14-9-5-4-8-13(14)2)21-17-11-7-6-10-15(16)17/h4-12H,3H2,1-2H3,(H,23,25). The highest BCUT2D eigenvalue weighted by Gasteiger charge is 2.15. The predicted octanol–water partition coefficient (Wildman–Crippen LogP) is 5.15. The lowest BCUT2D eigenvalue weighted by atomic mass is 10.0. The molecule has 0 radical (unpaired) electrons. The molecule has 0 unspecified atom stereocenters. The van der Waals surface area contributed by atoms with Crippen molar-refractivity contribution in [3.63, 3.8) is 0 Å². The third-order valence-electron chi connectivity index (χ3n) is 4.45. The number of nitrogens with one attached hydrogen (secondary N) is 1. The topological polar surface area (TPSA) is 46.5 Å². The van der Waals surface area contributed by atoms with E-state index in [-0.39, 0.29) is 0 Å². The van der Waals surface area contributed by atoms with Gasteiger partial charge >= 0.3 is 0 Å². The molecule has 0 aliphatic heterocycles. The normalized spacial score (nSPS) is 11.1. The number of aryl methyl sites for hydroxylation is 1. The van der Waals surface area contributed by atoms with Gasteiger partial charge in [-0.3, -0.25) is 5.10 Å². The number of benzene rings is 2. The van der Waals surface area contributed by atoms with Crippen molar-refractivity contribution in [3.8, 4) is 22.6 Å². The molecule has 0 atom stereocenters. The van der Waals surface area contributed by atoms with Gasteiger partial charge in [-0.2, -0.15) is 5.10 Å². The van der Waals surface area contributed by atoms with Crippen LogP contribution in [0.2, 0.25) is 0 Å². The number of nitrogens with zero attached hydrogens (tertiary/aromatic N) is 3. The van der Waals surface area contributed by atoms with Gasteiger partial charge in [0.1, 0.15) is 0 Å². The van der Waals surface area contributed by atoms with Crippen LogP contribution in [0.5, 0.6) is 0 Å². The first-order chi connectivity index (χ1) is 12.2. The summed E-state index contributed by atoms with van der Waals surface area (Å²) in [4.78, 5) is 4.88. The molecule has 0 spiro atoms. The molecule has 4 nitrogen and oxygen atoms in total. The molecule has 0 aliphatic carbocycles. The van der Waals surface area contributed by atoms with Crippen LogP contribution in [0, 0.1) is 11.7 Å². The molecule has 2 aromatic carbocycles. The number of hydrogen-bond donors (Lipinski definition) is 1. The molecule has 2 aromatic heterocycles. The van der Waals surface area contributed by atoms with Crippen LogP contribution in [-0.2, 0) is 6.54 Å². The van der Waals surface area contributed by atoms with E-state index in [2.05, 4.69) is 48.3 Å². The van der Waals surface area contributed by atoms with Gasteiger partial charge in [0.15, 0.2) is 10.6 Å². The Hall–Kier alpha value is -2.79. The Bertz CT molecular complexity index is 1120. The first kappa shape index (κ1) is 15.7. The van der Waals surface area contributed by atoms with Crippen LogP contribution >= 0.6 is 12.2 Å². The third kappa shape index (κ3) is 2.66. The number of H-pyrrole nitrogens is 1. The van der Waals surface area contributed by atoms with E-state index in [0.29, 0.717) is 4.77 Å². The minimum absolute atomic E-state index is 0.635. The number of para-hydroxylation sites is 1. The SMILES string of the molecule is CCn1c(-c2cc(-c3ccccc3C)nc3ccccc23)n[nH]c1=S. The lowest BCUT2D eigenvalue weighted by Gasteiger charge is -2.11. The molecule has 124 valence electrons. The van der Waals surface area contributed by atoms with Crippen LogP contribution in [0.1, 0.15) is 12.5 Å². The average Bonchev–Trinajstić information content (AvgIpc) is 3.01. The van der Waals surface area contributed by atoms with Crippen LogP contribution < -0.4 is 0 Å². The van der Waals surface area contributed by atoms with Crippen LogP contribution in [0.15, 0.2) is 54.6 Å². The number of fused-ring (bicyclic) bond motifs is 1. The van der Waals surface area contributed by atoms with E-state index in [1.165, 1.54) is 5.56 Å². The van der Waals surface area contributed by atoms with Crippen LogP contribution in [0.25, 0.3) is 33.5 Å². The van der Waals surface area contributed by atoms with Crippen molar-refractivity contribution < 1.29 is 0 Å². The van der Waals surface area contributed by atoms with Gasteiger partial charge in [-0.15, -0.1) is 0 Å². The van der Waals surface area contributed by atoms with Crippen molar-refractivity contribution in [2.75, 3.05) is 0 Å². The molecule has 25 heavy (non-hydrogen) atoms. The van der Waals surface area contributed by atoms with Crippen LogP contribution in [0.4, 0.5) is 0 Å².